The van der Waals surface area contributed by atoms with Gasteiger partial charge in [0.15, 0.2) is 5.96 Å². The number of halogens is 3. The first-order valence-electron chi connectivity index (χ1n) is 10.3. The molecule has 8 heteroatoms. The van der Waals surface area contributed by atoms with Crippen molar-refractivity contribution in [2.24, 2.45) is 16.8 Å². The summed E-state index contributed by atoms with van der Waals surface area (Å²) in [5.74, 6) is 1.17. The van der Waals surface area contributed by atoms with Crippen molar-refractivity contribution < 1.29 is 17.9 Å². The van der Waals surface area contributed by atoms with Gasteiger partial charge < -0.3 is 15.4 Å². The summed E-state index contributed by atoms with van der Waals surface area (Å²) in [5, 5.41) is 6.47. The molecule has 0 amide bonds. The van der Waals surface area contributed by atoms with Crippen LogP contribution in [0.5, 0.6) is 0 Å². The molecule has 0 saturated carbocycles. The van der Waals surface area contributed by atoms with E-state index in [1.54, 1.807) is 0 Å². The Hall–Kier alpha value is -1.80. The van der Waals surface area contributed by atoms with Gasteiger partial charge in [-0.1, -0.05) is 37.3 Å². The standard InChI is InChI=1S/C21H33F3N4O/c1-3-25-20(27-12-19-9-10-28(13-19)16-21(22,23)24)26-11-17(2)14-29-15-18-7-5-4-6-8-18/h4-8,17,19H,3,9-16H2,1-2H3,(H2,25,26,27). The lowest BCUT2D eigenvalue weighted by atomic mass is 10.1. The molecule has 1 aliphatic heterocycles. The molecule has 1 aromatic rings. The van der Waals surface area contributed by atoms with E-state index in [-0.39, 0.29) is 11.8 Å². The first-order chi connectivity index (χ1) is 13.9. The number of hydrogen-bond donors (Lipinski definition) is 2. The highest BCUT2D eigenvalue weighted by Crippen LogP contribution is 2.22. The molecule has 0 aromatic heterocycles. The fourth-order valence-electron chi connectivity index (χ4n) is 3.31. The van der Waals surface area contributed by atoms with Crippen LogP contribution in [0.15, 0.2) is 35.3 Å². The molecule has 1 aromatic carbocycles. The van der Waals surface area contributed by atoms with Gasteiger partial charge in [0, 0.05) is 26.2 Å². The van der Waals surface area contributed by atoms with Crippen LogP contribution in [-0.2, 0) is 11.3 Å². The molecular formula is C21H33F3N4O. The van der Waals surface area contributed by atoms with Crippen molar-refractivity contribution in [3.05, 3.63) is 35.9 Å². The van der Waals surface area contributed by atoms with Crippen molar-refractivity contribution in [3.63, 3.8) is 0 Å². The molecule has 0 spiro atoms. The Bertz CT molecular complexity index is 610. The van der Waals surface area contributed by atoms with Crippen molar-refractivity contribution >= 4 is 5.96 Å². The van der Waals surface area contributed by atoms with E-state index in [1.165, 1.54) is 4.90 Å². The molecule has 0 aliphatic carbocycles. The van der Waals surface area contributed by atoms with E-state index < -0.39 is 12.7 Å². The van der Waals surface area contributed by atoms with E-state index in [4.69, 9.17) is 4.74 Å². The average molecular weight is 415 g/mol. The summed E-state index contributed by atoms with van der Waals surface area (Å²) < 4.78 is 43.3. The summed E-state index contributed by atoms with van der Waals surface area (Å²) in [4.78, 5) is 6.07. The summed E-state index contributed by atoms with van der Waals surface area (Å²) in [7, 11) is 0. The van der Waals surface area contributed by atoms with Crippen molar-refractivity contribution in [2.45, 2.75) is 33.1 Å². The second-order valence-corrected chi connectivity index (χ2v) is 7.71. The van der Waals surface area contributed by atoms with E-state index in [0.717, 1.165) is 18.5 Å². The summed E-state index contributed by atoms with van der Waals surface area (Å²) in [5.41, 5.74) is 1.15. The van der Waals surface area contributed by atoms with Crippen LogP contribution in [0.25, 0.3) is 0 Å². The number of aliphatic imine (C=N–C) groups is 1. The van der Waals surface area contributed by atoms with Crippen LogP contribution >= 0.6 is 0 Å². The summed E-state index contributed by atoms with van der Waals surface area (Å²) in [6.45, 7) is 7.40. The van der Waals surface area contributed by atoms with Gasteiger partial charge in [-0.15, -0.1) is 0 Å². The molecule has 1 heterocycles. The molecule has 1 saturated heterocycles. The van der Waals surface area contributed by atoms with Gasteiger partial charge >= 0.3 is 6.18 Å². The molecule has 164 valence electrons. The molecule has 0 bridgehead atoms. The third-order valence-corrected chi connectivity index (χ3v) is 4.75. The SMILES string of the molecule is CCNC(=NCC(C)COCc1ccccc1)NCC1CCN(CC(F)(F)F)C1. The van der Waals surface area contributed by atoms with Crippen LogP contribution in [-0.4, -0.2) is 62.9 Å². The highest BCUT2D eigenvalue weighted by molar-refractivity contribution is 5.79. The van der Waals surface area contributed by atoms with Gasteiger partial charge in [0.2, 0.25) is 0 Å². The minimum Gasteiger partial charge on any atom is -0.376 e. The van der Waals surface area contributed by atoms with Crippen molar-refractivity contribution in [3.8, 4) is 0 Å². The maximum Gasteiger partial charge on any atom is 0.401 e. The Morgan fingerprint density at radius 3 is 2.72 bits per heavy atom. The van der Waals surface area contributed by atoms with Crippen LogP contribution in [0.1, 0.15) is 25.8 Å². The van der Waals surface area contributed by atoms with Crippen LogP contribution in [0, 0.1) is 11.8 Å². The Morgan fingerprint density at radius 2 is 2.03 bits per heavy atom. The second kappa shape index (κ2) is 12.0. The van der Waals surface area contributed by atoms with Crippen LogP contribution in [0.3, 0.4) is 0 Å². The molecule has 1 fully saturated rings. The summed E-state index contributed by atoms with van der Waals surface area (Å²) in [6.07, 6.45) is -3.36. The first-order valence-corrected chi connectivity index (χ1v) is 10.3. The van der Waals surface area contributed by atoms with E-state index in [0.29, 0.717) is 45.4 Å². The summed E-state index contributed by atoms with van der Waals surface area (Å²) >= 11 is 0. The Balaban J connectivity index is 1.69. The molecule has 5 nitrogen and oxygen atoms in total. The van der Waals surface area contributed by atoms with Gasteiger partial charge in [-0.05, 0) is 37.3 Å². The number of nitrogens with zero attached hydrogens (tertiary/aromatic N) is 2. The Labute approximate surface area is 171 Å². The van der Waals surface area contributed by atoms with Crippen LogP contribution in [0.2, 0.25) is 0 Å². The van der Waals surface area contributed by atoms with Gasteiger partial charge in [-0.2, -0.15) is 13.2 Å². The van der Waals surface area contributed by atoms with Crippen molar-refractivity contribution in [1.29, 1.82) is 0 Å². The molecule has 2 atom stereocenters. The fourth-order valence-corrected chi connectivity index (χ4v) is 3.31. The molecule has 29 heavy (non-hydrogen) atoms. The predicted molar refractivity (Wildman–Crippen MR) is 110 cm³/mol. The van der Waals surface area contributed by atoms with Crippen molar-refractivity contribution in [2.75, 3.05) is 45.9 Å². The van der Waals surface area contributed by atoms with E-state index >= 15 is 0 Å². The van der Waals surface area contributed by atoms with Crippen molar-refractivity contribution in [1.82, 2.24) is 15.5 Å². The molecular weight excluding hydrogens is 381 g/mol. The number of likely N-dealkylation sites (tertiary alicyclic amines) is 1. The van der Waals surface area contributed by atoms with Gasteiger partial charge in [-0.3, -0.25) is 9.89 Å². The number of ether oxygens (including phenoxy) is 1. The quantitative estimate of drug-likeness (QED) is 0.456. The van der Waals surface area contributed by atoms with Crippen LogP contribution < -0.4 is 10.6 Å². The molecule has 1 aliphatic rings. The predicted octanol–water partition coefficient (Wildman–Crippen LogP) is 3.28. The van der Waals surface area contributed by atoms with Gasteiger partial charge in [0.05, 0.1) is 19.8 Å². The molecule has 2 unspecified atom stereocenters. The number of guanidine groups is 1. The van der Waals surface area contributed by atoms with Gasteiger partial charge in [-0.25, -0.2) is 0 Å². The minimum atomic E-state index is -4.13. The maximum atomic E-state index is 12.5. The number of rotatable bonds is 10. The molecule has 2 rings (SSSR count). The number of hydrogen-bond acceptors (Lipinski definition) is 3. The Kier molecular flexibility index (Phi) is 9.73. The van der Waals surface area contributed by atoms with Gasteiger partial charge in [0.25, 0.3) is 0 Å². The third kappa shape index (κ3) is 9.99. The van der Waals surface area contributed by atoms with E-state index in [1.807, 2.05) is 37.3 Å². The average Bonchev–Trinajstić information content (AvgIpc) is 3.10. The zero-order chi connectivity index (χ0) is 21.1. The van der Waals surface area contributed by atoms with E-state index in [2.05, 4.69) is 22.5 Å². The monoisotopic (exact) mass is 414 g/mol. The summed E-state index contributed by atoms with van der Waals surface area (Å²) in [6, 6.07) is 10.0. The van der Waals surface area contributed by atoms with Gasteiger partial charge in [0.1, 0.15) is 0 Å². The largest absolute Gasteiger partial charge is 0.401 e. The number of nitrogens with one attached hydrogen (secondary N) is 2. The lowest BCUT2D eigenvalue weighted by Gasteiger charge is -2.19. The highest BCUT2D eigenvalue weighted by Gasteiger charge is 2.34. The molecule has 2 N–H and O–H groups in total. The number of benzene rings is 1. The molecule has 0 radical (unpaired) electrons. The normalized spacial score (nSPS) is 19.3. The lowest BCUT2D eigenvalue weighted by Crippen LogP contribution is -2.41. The zero-order valence-electron chi connectivity index (χ0n) is 17.3. The fraction of sp³-hybridized carbons (Fsp3) is 0.667. The number of alkyl halides is 3. The van der Waals surface area contributed by atoms with Crippen LogP contribution in [0.4, 0.5) is 13.2 Å². The highest BCUT2D eigenvalue weighted by atomic mass is 19.4. The minimum absolute atomic E-state index is 0.202. The Morgan fingerprint density at radius 1 is 1.28 bits per heavy atom. The topological polar surface area (TPSA) is 48.9 Å². The second-order valence-electron chi connectivity index (χ2n) is 7.71. The lowest BCUT2D eigenvalue weighted by molar-refractivity contribution is -0.143. The smallest absolute Gasteiger partial charge is 0.376 e. The third-order valence-electron chi connectivity index (χ3n) is 4.75. The first kappa shape index (κ1) is 23.5. The zero-order valence-corrected chi connectivity index (χ0v) is 17.3. The maximum absolute atomic E-state index is 12.5. The van der Waals surface area contributed by atoms with E-state index in [9.17, 15) is 13.2 Å².